The smallest absolute Gasteiger partial charge is 0.222 e. The molecule has 9 heteroatoms. The SMILES string of the molecule is CC(=O)N[C@]1(OCc2ccccc2)[C@H](O)O[C@H](CO)[C@](O)(C=O)[C@@H]1O. The lowest BCUT2D eigenvalue weighted by molar-refractivity contribution is -0.365. The first-order valence-corrected chi connectivity index (χ1v) is 7.58. The van der Waals surface area contributed by atoms with E-state index in [1.807, 2.05) is 0 Å². The van der Waals surface area contributed by atoms with Gasteiger partial charge in [-0.05, 0) is 5.56 Å². The molecule has 1 aromatic carbocycles. The van der Waals surface area contributed by atoms with E-state index in [-0.39, 0.29) is 12.9 Å². The molecule has 1 aromatic rings. The Morgan fingerprint density at radius 3 is 2.52 bits per heavy atom. The normalized spacial score (nSPS) is 35.2. The highest BCUT2D eigenvalue weighted by molar-refractivity contribution is 5.74. The van der Waals surface area contributed by atoms with Crippen molar-refractivity contribution >= 4 is 12.2 Å². The van der Waals surface area contributed by atoms with Crippen molar-refractivity contribution < 1.29 is 39.5 Å². The molecular weight excluding hydrogens is 334 g/mol. The lowest BCUT2D eigenvalue weighted by Gasteiger charge is -2.52. The molecule has 9 nitrogen and oxygen atoms in total. The van der Waals surface area contributed by atoms with Gasteiger partial charge in [-0.3, -0.25) is 9.59 Å². The van der Waals surface area contributed by atoms with Crippen molar-refractivity contribution in [1.29, 1.82) is 0 Å². The molecule has 1 aliphatic rings. The molecule has 1 aliphatic heterocycles. The van der Waals surface area contributed by atoms with E-state index in [1.54, 1.807) is 30.3 Å². The average molecular weight is 355 g/mol. The largest absolute Gasteiger partial charge is 0.394 e. The van der Waals surface area contributed by atoms with Crippen LogP contribution in [0.2, 0.25) is 0 Å². The van der Waals surface area contributed by atoms with Crippen LogP contribution in [0.4, 0.5) is 0 Å². The third kappa shape index (κ3) is 3.56. The standard InChI is InChI=1S/C16H21NO8/c1-10(20)17-16(24-8-11-5-3-2-4-6-11)13(21)15(23,9-19)12(7-18)25-14(16)22/h2-6,9,12-14,18,21-23H,7-8H2,1H3,(H,17,20)/t12-,13+,14-,15-,16-/m1/s1. The Kier molecular flexibility index (Phi) is 5.88. The highest BCUT2D eigenvalue weighted by atomic mass is 16.7. The lowest BCUT2D eigenvalue weighted by atomic mass is 9.81. The Morgan fingerprint density at radius 1 is 1.36 bits per heavy atom. The molecule has 5 N–H and O–H groups in total. The second-order valence-electron chi connectivity index (χ2n) is 5.82. The predicted molar refractivity (Wildman–Crippen MR) is 82.8 cm³/mol. The van der Waals surface area contributed by atoms with Crippen LogP contribution in [0.3, 0.4) is 0 Å². The number of aliphatic hydroxyl groups is 4. The average Bonchev–Trinajstić information content (AvgIpc) is 2.61. The van der Waals surface area contributed by atoms with Crippen molar-refractivity contribution in [1.82, 2.24) is 5.32 Å². The van der Waals surface area contributed by atoms with E-state index < -0.39 is 42.3 Å². The van der Waals surface area contributed by atoms with Gasteiger partial charge in [0, 0.05) is 6.92 Å². The van der Waals surface area contributed by atoms with E-state index >= 15 is 0 Å². The topological polar surface area (TPSA) is 146 Å². The third-order valence-corrected chi connectivity index (χ3v) is 4.07. The fourth-order valence-corrected chi connectivity index (χ4v) is 2.72. The van der Waals surface area contributed by atoms with Gasteiger partial charge in [0.25, 0.3) is 0 Å². The van der Waals surface area contributed by atoms with E-state index in [0.29, 0.717) is 5.56 Å². The predicted octanol–water partition coefficient (Wildman–Crippen LogP) is -1.96. The van der Waals surface area contributed by atoms with Crippen LogP contribution in [0.1, 0.15) is 12.5 Å². The van der Waals surface area contributed by atoms with Crippen LogP contribution >= 0.6 is 0 Å². The van der Waals surface area contributed by atoms with Gasteiger partial charge in [0.05, 0.1) is 13.2 Å². The summed E-state index contributed by atoms with van der Waals surface area (Å²) >= 11 is 0. The second kappa shape index (κ2) is 7.56. The van der Waals surface area contributed by atoms with Gasteiger partial charge in [-0.1, -0.05) is 30.3 Å². The van der Waals surface area contributed by atoms with Gasteiger partial charge in [0.15, 0.2) is 11.9 Å². The molecular formula is C16H21NO8. The van der Waals surface area contributed by atoms with Gasteiger partial charge in [-0.25, -0.2) is 0 Å². The third-order valence-electron chi connectivity index (χ3n) is 4.07. The van der Waals surface area contributed by atoms with Crippen molar-refractivity contribution in [2.75, 3.05) is 6.61 Å². The van der Waals surface area contributed by atoms with Crippen LogP contribution in [0.25, 0.3) is 0 Å². The number of amides is 1. The number of benzene rings is 1. The summed E-state index contributed by atoms with van der Waals surface area (Å²) in [6.07, 6.45) is -5.68. The van der Waals surface area contributed by atoms with Gasteiger partial charge in [-0.15, -0.1) is 0 Å². The van der Waals surface area contributed by atoms with Crippen LogP contribution in [0.15, 0.2) is 30.3 Å². The van der Waals surface area contributed by atoms with Crippen molar-refractivity contribution in [3.05, 3.63) is 35.9 Å². The molecule has 0 radical (unpaired) electrons. The minimum absolute atomic E-state index is 0.0210. The van der Waals surface area contributed by atoms with E-state index in [0.717, 1.165) is 6.92 Å². The van der Waals surface area contributed by atoms with Crippen LogP contribution in [0.5, 0.6) is 0 Å². The monoisotopic (exact) mass is 355 g/mol. The molecule has 1 amide bonds. The minimum atomic E-state index is -2.60. The fraction of sp³-hybridized carbons (Fsp3) is 0.500. The number of ether oxygens (including phenoxy) is 2. The zero-order valence-electron chi connectivity index (χ0n) is 13.5. The summed E-state index contributed by atoms with van der Waals surface area (Å²) in [6, 6.07) is 8.64. The summed E-state index contributed by atoms with van der Waals surface area (Å²) in [4.78, 5) is 22.9. The van der Waals surface area contributed by atoms with Crippen molar-refractivity contribution in [3.8, 4) is 0 Å². The molecule has 0 bridgehead atoms. The van der Waals surface area contributed by atoms with E-state index in [4.69, 9.17) is 9.47 Å². The molecule has 0 spiro atoms. The molecule has 0 aromatic heterocycles. The van der Waals surface area contributed by atoms with Crippen LogP contribution in [-0.4, -0.2) is 69.1 Å². The molecule has 5 atom stereocenters. The molecule has 0 unspecified atom stereocenters. The Morgan fingerprint density at radius 2 is 2.00 bits per heavy atom. The minimum Gasteiger partial charge on any atom is -0.394 e. The van der Waals surface area contributed by atoms with E-state index in [9.17, 15) is 30.0 Å². The Labute approximate surface area is 143 Å². The zero-order chi connectivity index (χ0) is 18.7. The summed E-state index contributed by atoms with van der Waals surface area (Å²) in [5.41, 5.74) is -4.28. The number of carbonyl (C=O) groups excluding carboxylic acids is 2. The summed E-state index contributed by atoms with van der Waals surface area (Å²) in [5, 5.41) is 42.7. The maximum atomic E-state index is 11.6. The molecule has 25 heavy (non-hydrogen) atoms. The molecule has 1 fully saturated rings. The Balaban J connectivity index is 2.38. The molecule has 0 saturated carbocycles. The summed E-state index contributed by atoms with van der Waals surface area (Å²) in [5.74, 6) is -0.703. The highest BCUT2D eigenvalue weighted by Gasteiger charge is 2.64. The second-order valence-corrected chi connectivity index (χ2v) is 5.82. The summed E-state index contributed by atoms with van der Waals surface area (Å²) < 4.78 is 10.6. The Hall–Kier alpha value is -1.88. The first-order valence-electron chi connectivity index (χ1n) is 7.58. The van der Waals surface area contributed by atoms with Crippen molar-refractivity contribution in [3.63, 3.8) is 0 Å². The van der Waals surface area contributed by atoms with Crippen LogP contribution in [0, 0.1) is 0 Å². The fourth-order valence-electron chi connectivity index (χ4n) is 2.72. The van der Waals surface area contributed by atoms with Gasteiger partial charge >= 0.3 is 0 Å². The zero-order valence-corrected chi connectivity index (χ0v) is 13.5. The molecule has 0 aliphatic carbocycles. The maximum absolute atomic E-state index is 11.6. The Bertz CT molecular complexity index is 611. The molecule has 1 heterocycles. The van der Waals surface area contributed by atoms with Gasteiger partial charge < -0.3 is 35.2 Å². The lowest BCUT2D eigenvalue weighted by Crippen LogP contribution is -2.79. The van der Waals surface area contributed by atoms with Crippen LogP contribution < -0.4 is 5.32 Å². The first-order chi connectivity index (χ1) is 11.8. The number of rotatable bonds is 6. The highest BCUT2D eigenvalue weighted by Crippen LogP contribution is 2.36. The van der Waals surface area contributed by atoms with Crippen LogP contribution in [-0.2, 0) is 25.7 Å². The number of hydrogen-bond donors (Lipinski definition) is 5. The van der Waals surface area contributed by atoms with Gasteiger partial charge in [0.1, 0.15) is 12.2 Å². The van der Waals surface area contributed by atoms with E-state index in [1.165, 1.54) is 0 Å². The quantitative estimate of drug-likeness (QED) is 0.292. The molecule has 2 rings (SSSR count). The molecule has 1 saturated heterocycles. The summed E-state index contributed by atoms with van der Waals surface area (Å²) in [6.45, 7) is 0.0840. The van der Waals surface area contributed by atoms with Gasteiger partial charge in [-0.2, -0.15) is 0 Å². The number of hydrogen-bond acceptors (Lipinski definition) is 8. The maximum Gasteiger partial charge on any atom is 0.222 e. The molecule has 138 valence electrons. The van der Waals surface area contributed by atoms with Gasteiger partial charge in [0.2, 0.25) is 17.9 Å². The van der Waals surface area contributed by atoms with Crippen molar-refractivity contribution in [2.24, 2.45) is 0 Å². The van der Waals surface area contributed by atoms with Crippen molar-refractivity contribution in [2.45, 2.75) is 43.4 Å². The van der Waals surface area contributed by atoms with E-state index in [2.05, 4.69) is 5.32 Å². The number of aliphatic hydroxyl groups excluding tert-OH is 3. The number of nitrogens with one attached hydrogen (secondary N) is 1. The first kappa shape index (κ1) is 19.4. The number of carbonyl (C=O) groups is 2. The summed E-state index contributed by atoms with van der Waals surface area (Å²) in [7, 11) is 0. The number of aldehydes is 1.